The molecule has 0 spiro atoms. The lowest BCUT2D eigenvalue weighted by Crippen LogP contribution is -2.25. The first kappa shape index (κ1) is 22.3. The van der Waals surface area contributed by atoms with Crippen molar-refractivity contribution in [3.63, 3.8) is 0 Å². The average Bonchev–Trinajstić information content (AvgIpc) is 3.30. The van der Waals surface area contributed by atoms with Crippen LogP contribution in [0.2, 0.25) is 0 Å². The van der Waals surface area contributed by atoms with Crippen molar-refractivity contribution in [2.75, 3.05) is 11.3 Å². The van der Waals surface area contributed by atoms with Gasteiger partial charge >= 0.3 is 0 Å². The molecule has 3 aromatic carbocycles. The molecule has 0 aliphatic carbocycles. The first-order valence-corrected chi connectivity index (χ1v) is 12.0. The third-order valence-corrected chi connectivity index (χ3v) is 6.48. The van der Waals surface area contributed by atoms with E-state index >= 15 is 0 Å². The van der Waals surface area contributed by atoms with Crippen LogP contribution >= 0.6 is 0 Å². The summed E-state index contributed by atoms with van der Waals surface area (Å²) < 4.78 is 29.5. The van der Waals surface area contributed by atoms with Crippen molar-refractivity contribution >= 4 is 21.6 Å². The minimum Gasteiger partial charge on any atom is -0.352 e. The van der Waals surface area contributed by atoms with Crippen molar-refractivity contribution in [1.29, 1.82) is 0 Å². The van der Waals surface area contributed by atoms with E-state index in [2.05, 4.69) is 15.1 Å². The molecule has 0 aliphatic heterocycles. The number of hydrogen-bond donors (Lipinski definition) is 2. The normalized spacial score (nSPS) is 11.2. The Labute approximate surface area is 193 Å². The van der Waals surface area contributed by atoms with Gasteiger partial charge in [-0.1, -0.05) is 35.9 Å². The van der Waals surface area contributed by atoms with Gasteiger partial charge < -0.3 is 5.32 Å². The second-order valence-corrected chi connectivity index (χ2v) is 9.31. The van der Waals surface area contributed by atoms with Gasteiger partial charge in [0.2, 0.25) is 0 Å². The summed E-state index contributed by atoms with van der Waals surface area (Å²) in [6.07, 6.45) is 4.34. The molecule has 0 aliphatic rings. The Morgan fingerprint density at radius 1 is 0.939 bits per heavy atom. The zero-order valence-corrected chi connectivity index (χ0v) is 18.9. The Bertz CT molecular complexity index is 1330. The lowest BCUT2D eigenvalue weighted by atomic mass is 10.2. The summed E-state index contributed by atoms with van der Waals surface area (Å²) in [5.41, 5.74) is 3.89. The van der Waals surface area contributed by atoms with E-state index < -0.39 is 10.0 Å². The summed E-state index contributed by atoms with van der Waals surface area (Å²) in [6, 6.07) is 22.7. The van der Waals surface area contributed by atoms with Crippen LogP contribution < -0.4 is 10.0 Å². The molecule has 1 aromatic heterocycles. The molecule has 0 saturated carbocycles. The van der Waals surface area contributed by atoms with Crippen LogP contribution in [0.5, 0.6) is 0 Å². The predicted octanol–water partition coefficient (Wildman–Crippen LogP) is 3.95. The largest absolute Gasteiger partial charge is 0.352 e. The molecular weight excluding hydrogens is 436 g/mol. The molecule has 0 fully saturated rings. The van der Waals surface area contributed by atoms with E-state index in [0.717, 1.165) is 16.8 Å². The highest BCUT2D eigenvalue weighted by Crippen LogP contribution is 2.17. The average molecular weight is 461 g/mol. The molecule has 2 N–H and O–H groups in total. The minimum absolute atomic E-state index is 0.0907. The molecule has 8 heteroatoms. The number of aromatic nitrogens is 2. The van der Waals surface area contributed by atoms with Crippen molar-refractivity contribution in [3.05, 3.63) is 108 Å². The molecule has 0 radical (unpaired) electrons. The van der Waals surface area contributed by atoms with Gasteiger partial charge in [-0.3, -0.25) is 9.52 Å². The third kappa shape index (κ3) is 5.67. The van der Waals surface area contributed by atoms with Crippen LogP contribution in [-0.4, -0.2) is 30.7 Å². The van der Waals surface area contributed by atoms with Crippen LogP contribution in [0, 0.1) is 6.92 Å². The highest BCUT2D eigenvalue weighted by molar-refractivity contribution is 7.92. The topological polar surface area (TPSA) is 93.1 Å². The summed E-state index contributed by atoms with van der Waals surface area (Å²) in [4.78, 5) is 12.5. The lowest BCUT2D eigenvalue weighted by Gasteiger charge is -2.09. The molecule has 0 atom stereocenters. The fourth-order valence-corrected chi connectivity index (χ4v) is 4.31. The lowest BCUT2D eigenvalue weighted by molar-refractivity contribution is 0.0954. The number of benzene rings is 3. The van der Waals surface area contributed by atoms with Crippen molar-refractivity contribution < 1.29 is 13.2 Å². The fourth-order valence-electron chi connectivity index (χ4n) is 3.25. The van der Waals surface area contributed by atoms with Gasteiger partial charge in [0.25, 0.3) is 15.9 Å². The number of rotatable bonds is 8. The van der Waals surface area contributed by atoms with E-state index in [1.54, 1.807) is 23.0 Å². The minimum atomic E-state index is -3.73. The van der Waals surface area contributed by atoms with Crippen LogP contribution in [0.25, 0.3) is 5.69 Å². The molecule has 4 rings (SSSR count). The number of hydrogen-bond acceptors (Lipinski definition) is 4. The Balaban J connectivity index is 1.32. The molecule has 0 unspecified atom stereocenters. The van der Waals surface area contributed by atoms with Crippen molar-refractivity contribution in [1.82, 2.24) is 15.1 Å². The Kier molecular flexibility index (Phi) is 6.55. The molecule has 1 amide bonds. The number of anilines is 1. The van der Waals surface area contributed by atoms with Crippen LogP contribution in [0.4, 0.5) is 5.69 Å². The number of amides is 1. The number of carbonyl (C=O) groups excluding carboxylic acids is 1. The molecule has 7 nitrogen and oxygen atoms in total. The predicted molar refractivity (Wildman–Crippen MR) is 128 cm³/mol. The van der Waals surface area contributed by atoms with Gasteiger partial charge in [-0.05, 0) is 67.4 Å². The summed E-state index contributed by atoms with van der Waals surface area (Å²) in [5.74, 6) is -0.263. The SMILES string of the molecule is Cc1ccc(NS(=O)(=O)c2ccc(C(=O)NCCc3cnn(-c4ccccc4)c3)cc2)cc1. The molecular formula is C25H24N4O3S. The van der Waals surface area contributed by atoms with E-state index in [9.17, 15) is 13.2 Å². The number of para-hydroxylation sites is 1. The summed E-state index contributed by atoms with van der Waals surface area (Å²) >= 11 is 0. The zero-order chi connectivity index (χ0) is 23.3. The van der Waals surface area contributed by atoms with Crippen LogP contribution in [0.15, 0.2) is 96.2 Å². The van der Waals surface area contributed by atoms with E-state index in [4.69, 9.17) is 0 Å². The first-order valence-electron chi connectivity index (χ1n) is 10.5. The third-order valence-electron chi connectivity index (χ3n) is 5.09. The number of nitrogens with one attached hydrogen (secondary N) is 2. The van der Waals surface area contributed by atoms with E-state index in [1.807, 2.05) is 55.6 Å². The van der Waals surface area contributed by atoms with Crippen LogP contribution in [0.1, 0.15) is 21.5 Å². The number of aryl methyl sites for hydroxylation is 1. The van der Waals surface area contributed by atoms with Crippen molar-refractivity contribution in [2.45, 2.75) is 18.2 Å². The van der Waals surface area contributed by atoms with Gasteiger partial charge in [0, 0.05) is 24.0 Å². The van der Waals surface area contributed by atoms with Crippen molar-refractivity contribution in [2.24, 2.45) is 0 Å². The smallest absolute Gasteiger partial charge is 0.261 e. The Morgan fingerprint density at radius 2 is 1.64 bits per heavy atom. The van der Waals surface area contributed by atoms with Gasteiger partial charge in [-0.25, -0.2) is 13.1 Å². The van der Waals surface area contributed by atoms with E-state index in [0.29, 0.717) is 24.2 Å². The first-order chi connectivity index (χ1) is 15.9. The molecule has 0 bridgehead atoms. The van der Waals surface area contributed by atoms with E-state index in [1.165, 1.54) is 24.3 Å². The molecule has 4 aromatic rings. The molecule has 168 valence electrons. The van der Waals surface area contributed by atoms with Crippen LogP contribution in [-0.2, 0) is 16.4 Å². The van der Waals surface area contributed by atoms with Gasteiger partial charge in [-0.2, -0.15) is 5.10 Å². The summed E-state index contributed by atoms with van der Waals surface area (Å²) in [6.45, 7) is 2.37. The second-order valence-electron chi connectivity index (χ2n) is 7.63. The fraction of sp³-hybridized carbons (Fsp3) is 0.120. The Hall–Kier alpha value is -3.91. The zero-order valence-electron chi connectivity index (χ0n) is 18.1. The maximum absolute atomic E-state index is 12.6. The molecule has 0 saturated heterocycles. The molecule has 1 heterocycles. The molecule has 33 heavy (non-hydrogen) atoms. The van der Waals surface area contributed by atoms with Gasteiger partial charge in [0.1, 0.15) is 0 Å². The van der Waals surface area contributed by atoms with E-state index in [-0.39, 0.29) is 10.8 Å². The number of nitrogens with zero attached hydrogens (tertiary/aromatic N) is 2. The van der Waals surface area contributed by atoms with Gasteiger partial charge in [0.05, 0.1) is 16.8 Å². The quantitative estimate of drug-likeness (QED) is 0.416. The maximum Gasteiger partial charge on any atom is 0.261 e. The highest BCUT2D eigenvalue weighted by Gasteiger charge is 2.15. The summed E-state index contributed by atoms with van der Waals surface area (Å²) in [5, 5.41) is 7.21. The second kappa shape index (κ2) is 9.70. The van der Waals surface area contributed by atoms with Gasteiger partial charge in [0.15, 0.2) is 0 Å². The van der Waals surface area contributed by atoms with Crippen LogP contribution in [0.3, 0.4) is 0 Å². The van der Waals surface area contributed by atoms with Crippen molar-refractivity contribution in [3.8, 4) is 5.69 Å². The maximum atomic E-state index is 12.6. The Morgan fingerprint density at radius 3 is 2.33 bits per heavy atom. The standard InChI is InChI=1S/C25H24N4O3S/c1-19-7-11-22(12-8-19)28-33(31,32)24-13-9-21(10-14-24)25(30)26-16-15-20-17-27-29(18-20)23-5-3-2-4-6-23/h2-14,17-18,28H,15-16H2,1H3,(H,26,30). The number of carbonyl (C=O) groups is 1. The highest BCUT2D eigenvalue weighted by atomic mass is 32.2. The summed E-state index contributed by atoms with van der Waals surface area (Å²) in [7, 11) is -3.73. The number of sulfonamides is 1. The van der Waals surface area contributed by atoms with Gasteiger partial charge in [-0.15, -0.1) is 0 Å². The monoisotopic (exact) mass is 460 g/mol.